The van der Waals surface area contributed by atoms with Crippen LogP contribution in [0.4, 0.5) is 0 Å². The highest BCUT2D eigenvalue weighted by atomic mass is 79.9. The van der Waals surface area contributed by atoms with Crippen LogP contribution >= 0.6 is 15.9 Å². The van der Waals surface area contributed by atoms with Gasteiger partial charge in [-0.15, -0.1) is 0 Å². The molecule has 0 radical (unpaired) electrons. The summed E-state index contributed by atoms with van der Waals surface area (Å²) < 4.78 is 2.81. The molecule has 5 heteroatoms. The maximum atomic E-state index is 5.55. The third-order valence-electron chi connectivity index (χ3n) is 2.36. The number of nitrogens with zero attached hydrogens (tertiary/aromatic N) is 3. The zero-order chi connectivity index (χ0) is 11.5. The van der Waals surface area contributed by atoms with E-state index in [9.17, 15) is 0 Å². The molecule has 2 rings (SSSR count). The van der Waals surface area contributed by atoms with Crippen LogP contribution in [0, 0.1) is 0 Å². The van der Waals surface area contributed by atoms with Gasteiger partial charge < -0.3 is 5.73 Å². The predicted octanol–water partition coefficient (Wildman–Crippen LogP) is 1.63. The molecule has 2 aromatic rings. The van der Waals surface area contributed by atoms with Gasteiger partial charge in [-0.3, -0.25) is 4.68 Å². The number of rotatable bonds is 3. The van der Waals surface area contributed by atoms with Gasteiger partial charge in [0.2, 0.25) is 0 Å². The Balaban J connectivity index is 2.17. The molecule has 4 nitrogen and oxygen atoms in total. The molecule has 1 heterocycles. The highest BCUT2D eigenvalue weighted by Crippen LogP contribution is 2.12. The second-order valence-corrected chi connectivity index (χ2v) is 4.49. The van der Waals surface area contributed by atoms with Crippen molar-refractivity contribution in [3.05, 3.63) is 46.0 Å². The van der Waals surface area contributed by atoms with Crippen LogP contribution in [0.1, 0.15) is 17.2 Å². The molecule has 0 bridgehead atoms. The van der Waals surface area contributed by atoms with Crippen molar-refractivity contribution in [2.75, 3.05) is 0 Å². The number of nitrogens with two attached hydrogens (primary N) is 1. The summed E-state index contributed by atoms with van der Waals surface area (Å²) in [4.78, 5) is 4.36. The summed E-state index contributed by atoms with van der Waals surface area (Å²) in [6.45, 7) is 0.420. The molecule has 2 N–H and O–H groups in total. The zero-order valence-corrected chi connectivity index (χ0v) is 10.6. The van der Waals surface area contributed by atoms with Crippen molar-refractivity contribution in [3.8, 4) is 0 Å². The number of aryl methyl sites for hydroxylation is 1. The topological polar surface area (TPSA) is 56.7 Å². The number of benzene rings is 1. The first-order chi connectivity index (χ1) is 7.69. The fraction of sp³-hybridized carbons (Fsp3) is 0.273. The zero-order valence-electron chi connectivity index (χ0n) is 9.02. The second kappa shape index (κ2) is 4.76. The van der Waals surface area contributed by atoms with E-state index in [4.69, 9.17) is 5.73 Å². The number of hydrogen-bond acceptors (Lipinski definition) is 3. The van der Waals surface area contributed by atoms with Gasteiger partial charge in [-0.05, 0) is 17.7 Å². The van der Waals surface area contributed by atoms with E-state index in [2.05, 4.69) is 38.1 Å². The molecule has 0 fully saturated rings. The Morgan fingerprint density at radius 1 is 1.31 bits per heavy atom. The van der Waals surface area contributed by atoms with Crippen molar-refractivity contribution in [2.45, 2.75) is 13.0 Å². The van der Waals surface area contributed by atoms with E-state index < -0.39 is 0 Å². The van der Waals surface area contributed by atoms with Crippen LogP contribution in [0.25, 0.3) is 0 Å². The minimum atomic E-state index is 0.420. The van der Waals surface area contributed by atoms with Crippen LogP contribution in [0.5, 0.6) is 0 Å². The molecule has 1 aromatic carbocycles. The molecule has 0 aliphatic heterocycles. The van der Waals surface area contributed by atoms with Crippen LogP contribution in [-0.2, 0) is 20.0 Å². The van der Waals surface area contributed by atoms with Gasteiger partial charge in [0.1, 0.15) is 5.82 Å². The van der Waals surface area contributed by atoms with E-state index in [-0.39, 0.29) is 0 Å². The fourth-order valence-electron chi connectivity index (χ4n) is 1.51. The van der Waals surface area contributed by atoms with Crippen LogP contribution < -0.4 is 5.73 Å². The Kier molecular flexibility index (Phi) is 3.36. The minimum Gasteiger partial charge on any atom is -0.324 e. The van der Waals surface area contributed by atoms with Crippen LogP contribution in [0.3, 0.4) is 0 Å². The highest BCUT2D eigenvalue weighted by Gasteiger charge is 2.06. The summed E-state index contributed by atoms with van der Waals surface area (Å²) in [6, 6.07) is 8.15. The van der Waals surface area contributed by atoms with Crippen LogP contribution in [0.2, 0.25) is 0 Å². The van der Waals surface area contributed by atoms with Crippen molar-refractivity contribution in [1.82, 2.24) is 14.8 Å². The van der Waals surface area contributed by atoms with E-state index in [1.807, 2.05) is 19.2 Å². The van der Waals surface area contributed by atoms with E-state index in [0.717, 1.165) is 22.5 Å². The lowest BCUT2D eigenvalue weighted by atomic mass is 10.1. The minimum absolute atomic E-state index is 0.420. The van der Waals surface area contributed by atoms with Gasteiger partial charge in [0.25, 0.3) is 0 Å². The molecule has 0 spiro atoms. The Bertz CT molecular complexity index is 475. The average molecular weight is 281 g/mol. The largest absolute Gasteiger partial charge is 0.324 e. The first-order valence-corrected chi connectivity index (χ1v) is 5.81. The molecule has 0 saturated carbocycles. The molecule has 0 unspecified atom stereocenters. The Hall–Kier alpha value is -1.20. The van der Waals surface area contributed by atoms with E-state index in [0.29, 0.717) is 6.54 Å². The number of aromatic nitrogens is 3. The van der Waals surface area contributed by atoms with Gasteiger partial charge in [0.15, 0.2) is 5.82 Å². The van der Waals surface area contributed by atoms with Crippen molar-refractivity contribution in [3.63, 3.8) is 0 Å². The quantitative estimate of drug-likeness (QED) is 0.930. The van der Waals surface area contributed by atoms with E-state index in [1.165, 1.54) is 5.56 Å². The Morgan fingerprint density at radius 3 is 2.56 bits per heavy atom. The Labute approximate surface area is 103 Å². The lowest BCUT2D eigenvalue weighted by Gasteiger charge is -1.96. The predicted molar refractivity (Wildman–Crippen MR) is 65.8 cm³/mol. The van der Waals surface area contributed by atoms with Gasteiger partial charge >= 0.3 is 0 Å². The fourth-order valence-corrected chi connectivity index (χ4v) is 1.78. The van der Waals surface area contributed by atoms with Gasteiger partial charge in [0.05, 0.1) is 6.54 Å². The van der Waals surface area contributed by atoms with Gasteiger partial charge in [-0.25, -0.2) is 4.98 Å². The molecular weight excluding hydrogens is 268 g/mol. The van der Waals surface area contributed by atoms with Gasteiger partial charge in [-0.2, -0.15) is 5.10 Å². The summed E-state index contributed by atoms with van der Waals surface area (Å²) >= 11 is 3.41. The average Bonchev–Trinajstić information content (AvgIpc) is 2.62. The Morgan fingerprint density at radius 2 is 2.00 bits per heavy atom. The SMILES string of the molecule is Cn1nc(Cc2ccc(Br)cc2)nc1CN. The van der Waals surface area contributed by atoms with Crippen LogP contribution in [-0.4, -0.2) is 14.8 Å². The maximum absolute atomic E-state index is 5.55. The van der Waals surface area contributed by atoms with Crippen molar-refractivity contribution in [1.29, 1.82) is 0 Å². The monoisotopic (exact) mass is 280 g/mol. The summed E-state index contributed by atoms with van der Waals surface area (Å²) in [7, 11) is 1.86. The summed E-state index contributed by atoms with van der Waals surface area (Å²) in [5, 5.41) is 4.31. The summed E-state index contributed by atoms with van der Waals surface area (Å²) in [6.07, 6.45) is 0.737. The molecule has 0 aliphatic carbocycles. The molecule has 0 saturated heterocycles. The van der Waals surface area contributed by atoms with E-state index in [1.54, 1.807) is 4.68 Å². The number of halogens is 1. The number of hydrogen-bond donors (Lipinski definition) is 1. The molecule has 84 valence electrons. The van der Waals surface area contributed by atoms with Crippen molar-refractivity contribution >= 4 is 15.9 Å². The molecule has 1 aromatic heterocycles. The van der Waals surface area contributed by atoms with Gasteiger partial charge in [-0.1, -0.05) is 28.1 Å². The normalized spacial score (nSPS) is 10.7. The molecule has 0 aliphatic rings. The first-order valence-electron chi connectivity index (χ1n) is 5.02. The summed E-state index contributed by atoms with van der Waals surface area (Å²) in [5.41, 5.74) is 6.74. The van der Waals surface area contributed by atoms with Crippen molar-refractivity contribution < 1.29 is 0 Å². The standard InChI is InChI=1S/C11H13BrN4/c1-16-11(7-13)14-10(15-16)6-8-2-4-9(12)5-3-8/h2-5H,6-7,13H2,1H3. The van der Waals surface area contributed by atoms with Crippen LogP contribution in [0.15, 0.2) is 28.7 Å². The first kappa shape index (κ1) is 11.3. The smallest absolute Gasteiger partial charge is 0.155 e. The molecule has 16 heavy (non-hydrogen) atoms. The highest BCUT2D eigenvalue weighted by molar-refractivity contribution is 9.10. The molecule has 0 amide bonds. The lowest BCUT2D eigenvalue weighted by Crippen LogP contribution is -2.05. The van der Waals surface area contributed by atoms with Gasteiger partial charge in [0, 0.05) is 17.9 Å². The van der Waals surface area contributed by atoms with Crippen molar-refractivity contribution in [2.24, 2.45) is 12.8 Å². The third kappa shape index (κ3) is 2.48. The van der Waals surface area contributed by atoms with E-state index >= 15 is 0 Å². The lowest BCUT2D eigenvalue weighted by molar-refractivity contribution is 0.696. The maximum Gasteiger partial charge on any atom is 0.155 e. The molecular formula is C11H13BrN4. The third-order valence-corrected chi connectivity index (χ3v) is 2.88. The molecule has 0 atom stereocenters. The second-order valence-electron chi connectivity index (χ2n) is 3.58. The summed E-state index contributed by atoms with van der Waals surface area (Å²) in [5.74, 6) is 1.62.